The number of imide groups is 1. The van der Waals surface area contributed by atoms with E-state index in [0.717, 1.165) is 11.1 Å². The Labute approximate surface area is 172 Å². The Morgan fingerprint density at radius 3 is 2.38 bits per heavy atom. The summed E-state index contributed by atoms with van der Waals surface area (Å²) in [6.45, 7) is 7.50. The second kappa shape index (κ2) is 11.1. The molecule has 2 aromatic carbocycles. The fourth-order valence-electron chi connectivity index (χ4n) is 2.84. The first-order valence-electron chi connectivity index (χ1n) is 9.66. The first-order chi connectivity index (χ1) is 13.9. The second-order valence-electron chi connectivity index (χ2n) is 6.63. The highest BCUT2D eigenvalue weighted by molar-refractivity contribution is 6.01. The maximum atomic E-state index is 12.2. The van der Waals surface area contributed by atoms with E-state index in [1.165, 1.54) is 0 Å². The molecule has 0 aliphatic carbocycles. The second-order valence-corrected chi connectivity index (χ2v) is 6.63. The number of hydrogen-bond donors (Lipinski definition) is 2. The number of hydrogen-bond acceptors (Lipinski definition) is 5. The van der Waals surface area contributed by atoms with Crippen molar-refractivity contribution >= 4 is 17.6 Å². The molecule has 2 N–H and O–H groups in total. The van der Waals surface area contributed by atoms with Crippen molar-refractivity contribution in [2.45, 2.75) is 27.3 Å². The van der Waals surface area contributed by atoms with Crippen molar-refractivity contribution in [2.75, 3.05) is 32.1 Å². The first kappa shape index (κ1) is 22.2. The third-order valence-electron chi connectivity index (χ3n) is 4.17. The molecular weight excluding hydrogens is 370 g/mol. The largest absolute Gasteiger partial charge is 0.490 e. The zero-order valence-electron chi connectivity index (χ0n) is 17.5. The van der Waals surface area contributed by atoms with Gasteiger partial charge >= 0.3 is 6.03 Å². The third kappa shape index (κ3) is 7.12. The predicted octanol–water partition coefficient (Wildman–Crippen LogP) is 3.57. The number of carbonyl (C=O) groups excluding carboxylic acids is 2. The van der Waals surface area contributed by atoms with Gasteiger partial charge in [-0.05, 0) is 51.1 Å². The fraction of sp³-hybridized carbons (Fsp3) is 0.364. The van der Waals surface area contributed by atoms with Gasteiger partial charge in [0.2, 0.25) is 5.91 Å². The van der Waals surface area contributed by atoms with Crippen LogP contribution in [0.3, 0.4) is 0 Å². The molecule has 0 fully saturated rings. The summed E-state index contributed by atoms with van der Waals surface area (Å²) < 4.78 is 11.0. The van der Waals surface area contributed by atoms with E-state index >= 15 is 0 Å². The number of likely N-dealkylation sites (N-methyl/N-ethyl adjacent to an activating group) is 1. The van der Waals surface area contributed by atoms with Crippen LogP contribution in [0.2, 0.25) is 0 Å². The minimum atomic E-state index is -0.592. The van der Waals surface area contributed by atoms with Gasteiger partial charge in [0, 0.05) is 18.3 Å². The highest BCUT2D eigenvalue weighted by atomic mass is 16.5. The van der Waals surface area contributed by atoms with Crippen molar-refractivity contribution < 1.29 is 19.1 Å². The summed E-state index contributed by atoms with van der Waals surface area (Å²) in [5.41, 5.74) is 2.82. The molecule has 7 nitrogen and oxygen atoms in total. The molecule has 29 heavy (non-hydrogen) atoms. The summed E-state index contributed by atoms with van der Waals surface area (Å²) in [4.78, 5) is 26.2. The van der Waals surface area contributed by atoms with Crippen LogP contribution in [0.1, 0.15) is 25.0 Å². The monoisotopic (exact) mass is 399 g/mol. The summed E-state index contributed by atoms with van der Waals surface area (Å²) >= 11 is 0. The lowest BCUT2D eigenvalue weighted by Gasteiger charge is -2.17. The molecule has 0 aromatic heterocycles. The van der Waals surface area contributed by atoms with Crippen LogP contribution >= 0.6 is 0 Å². The summed E-state index contributed by atoms with van der Waals surface area (Å²) in [6, 6.07) is 12.5. The van der Waals surface area contributed by atoms with E-state index in [1.807, 2.05) is 57.0 Å². The Morgan fingerprint density at radius 1 is 1.00 bits per heavy atom. The molecule has 0 aliphatic rings. The highest BCUT2D eigenvalue weighted by Gasteiger charge is 2.13. The number of amides is 3. The van der Waals surface area contributed by atoms with E-state index in [4.69, 9.17) is 9.47 Å². The lowest BCUT2D eigenvalue weighted by Crippen LogP contribution is -2.40. The molecule has 0 heterocycles. The van der Waals surface area contributed by atoms with Crippen molar-refractivity contribution in [1.82, 2.24) is 10.2 Å². The fourth-order valence-corrected chi connectivity index (χ4v) is 2.84. The molecule has 2 aromatic rings. The molecule has 0 atom stereocenters. The zero-order valence-corrected chi connectivity index (χ0v) is 17.5. The van der Waals surface area contributed by atoms with E-state index in [1.54, 1.807) is 18.2 Å². The lowest BCUT2D eigenvalue weighted by atomic mass is 10.1. The van der Waals surface area contributed by atoms with Crippen LogP contribution in [0, 0.1) is 6.92 Å². The molecular formula is C22H29N3O4. The third-order valence-corrected chi connectivity index (χ3v) is 4.17. The Balaban J connectivity index is 1.88. The number of nitrogens with zero attached hydrogens (tertiary/aromatic N) is 1. The molecule has 0 unspecified atom stereocenters. The van der Waals surface area contributed by atoms with E-state index in [9.17, 15) is 9.59 Å². The van der Waals surface area contributed by atoms with Gasteiger partial charge in [0.05, 0.1) is 19.8 Å². The zero-order chi connectivity index (χ0) is 21.2. The van der Waals surface area contributed by atoms with Crippen molar-refractivity contribution in [3.8, 4) is 11.5 Å². The van der Waals surface area contributed by atoms with Gasteiger partial charge in [-0.3, -0.25) is 15.0 Å². The van der Waals surface area contributed by atoms with Crippen LogP contribution < -0.4 is 20.1 Å². The van der Waals surface area contributed by atoms with Crippen molar-refractivity contribution in [1.29, 1.82) is 0 Å². The highest BCUT2D eigenvalue weighted by Crippen LogP contribution is 2.30. The van der Waals surface area contributed by atoms with Crippen LogP contribution in [0.5, 0.6) is 11.5 Å². The Bertz CT molecular complexity index is 839. The summed E-state index contributed by atoms with van der Waals surface area (Å²) in [5.74, 6) is 0.764. The van der Waals surface area contributed by atoms with Gasteiger partial charge in [-0.2, -0.15) is 0 Å². The molecule has 7 heteroatoms. The number of rotatable bonds is 9. The summed E-state index contributed by atoms with van der Waals surface area (Å²) in [6.07, 6.45) is 0. The SMILES string of the molecule is CCOc1ccc(NC(=O)NC(=O)CN(C)Cc2ccccc2C)cc1OCC. The van der Waals surface area contributed by atoms with Gasteiger partial charge in [-0.1, -0.05) is 24.3 Å². The normalized spacial score (nSPS) is 10.5. The Morgan fingerprint density at radius 2 is 1.69 bits per heavy atom. The maximum absolute atomic E-state index is 12.2. The quantitative estimate of drug-likeness (QED) is 0.674. The Kier molecular flexibility index (Phi) is 8.48. The van der Waals surface area contributed by atoms with Crippen molar-refractivity contribution in [2.24, 2.45) is 0 Å². The molecule has 0 saturated heterocycles. The van der Waals surface area contributed by atoms with Crippen LogP contribution in [0.25, 0.3) is 0 Å². The molecule has 2 rings (SSSR count). The molecule has 0 saturated carbocycles. The number of urea groups is 1. The van der Waals surface area contributed by atoms with E-state index in [0.29, 0.717) is 36.9 Å². The molecule has 0 radical (unpaired) electrons. The van der Waals surface area contributed by atoms with E-state index < -0.39 is 6.03 Å². The lowest BCUT2D eigenvalue weighted by molar-refractivity contribution is -0.120. The standard InChI is InChI=1S/C22H29N3O4/c1-5-28-19-12-11-18(13-20(19)29-6-2)23-22(27)24-21(26)15-25(4)14-17-10-8-7-9-16(17)3/h7-13H,5-6,14-15H2,1-4H3,(H2,23,24,26,27). The van der Waals surface area contributed by atoms with Crippen LogP contribution in [0.15, 0.2) is 42.5 Å². The van der Waals surface area contributed by atoms with Crippen LogP contribution in [-0.4, -0.2) is 43.6 Å². The van der Waals surface area contributed by atoms with Gasteiger partial charge in [-0.25, -0.2) is 4.79 Å². The number of ether oxygens (including phenoxy) is 2. The van der Waals surface area contributed by atoms with E-state index in [-0.39, 0.29) is 12.5 Å². The maximum Gasteiger partial charge on any atom is 0.325 e. The van der Waals surface area contributed by atoms with Crippen LogP contribution in [-0.2, 0) is 11.3 Å². The summed E-state index contributed by atoms with van der Waals surface area (Å²) in [5, 5.41) is 5.00. The van der Waals surface area contributed by atoms with Gasteiger partial charge in [-0.15, -0.1) is 0 Å². The molecule has 0 bridgehead atoms. The van der Waals surface area contributed by atoms with Crippen molar-refractivity contribution in [3.05, 3.63) is 53.6 Å². The van der Waals surface area contributed by atoms with Crippen LogP contribution in [0.4, 0.5) is 10.5 Å². The minimum Gasteiger partial charge on any atom is -0.490 e. The number of benzene rings is 2. The minimum absolute atomic E-state index is 0.106. The predicted molar refractivity (Wildman–Crippen MR) is 113 cm³/mol. The van der Waals surface area contributed by atoms with E-state index in [2.05, 4.69) is 10.6 Å². The van der Waals surface area contributed by atoms with Gasteiger partial charge in [0.1, 0.15) is 0 Å². The summed E-state index contributed by atoms with van der Waals surface area (Å²) in [7, 11) is 1.84. The van der Waals surface area contributed by atoms with Crippen molar-refractivity contribution in [3.63, 3.8) is 0 Å². The van der Waals surface area contributed by atoms with Gasteiger partial charge in [0.15, 0.2) is 11.5 Å². The number of aryl methyl sites for hydroxylation is 1. The number of nitrogens with one attached hydrogen (secondary N) is 2. The first-order valence-corrected chi connectivity index (χ1v) is 9.66. The van der Waals surface area contributed by atoms with Gasteiger partial charge in [0.25, 0.3) is 0 Å². The topological polar surface area (TPSA) is 79.9 Å². The Hall–Kier alpha value is -3.06. The molecule has 0 spiro atoms. The molecule has 0 aliphatic heterocycles. The molecule has 3 amide bonds. The molecule has 156 valence electrons. The average Bonchev–Trinajstić information content (AvgIpc) is 2.65. The average molecular weight is 399 g/mol. The smallest absolute Gasteiger partial charge is 0.325 e. The number of carbonyl (C=O) groups is 2. The van der Waals surface area contributed by atoms with Gasteiger partial charge < -0.3 is 14.8 Å². The number of anilines is 1.